The maximum Gasteiger partial charge on any atom is 0.151 e. The fourth-order valence-corrected chi connectivity index (χ4v) is 3.99. The molecule has 4 nitrogen and oxygen atoms in total. The number of nitrogens with zero attached hydrogens (tertiary/aromatic N) is 1. The van der Waals surface area contributed by atoms with Gasteiger partial charge in [-0.2, -0.15) is 0 Å². The maximum absolute atomic E-state index is 11.7. The Labute approximate surface area is 115 Å². The van der Waals surface area contributed by atoms with Gasteiger partial charge in [0.05, 0.1) is 11.5 Å². The van der Waals surface area contributed by atoms with Gasteiger partial charge in [-0.05, 0) is 31.0 Å². The van der Waals surface area contributed by atoms with Crippen molar-refractivity contribution in [2.24, 2.45) is 5.73 Å². The summed E-state index contributed by atoms with van der Waals surface area (Å²) < 4.78 is 23.3. The lowest BCUT2D eigenvalue weighted by Gasteiger charge is -2.30. The van der Waals surface area contributed by atoms with E-state index >= 15 is 0 Å². The Hall–Kier alpha value is -0.910. The molecular weight excluding hydrogens is 260 g/mol. The third-order valence-corrected chi connectivity index (χ3v) is 5.52. The Balaban J connectivity index is 2.21. The van der Waals surface area contributed by atoms with Crippen molar-refractivity contribution in [3.8, 4) is 0 Å². The van der Waals surface area contributed by atoms with Crippen molar-refractivity contribution in [2.75, 3.05) is 31.1 Å². The van der Waals surface area contributed by atoms with Gasteiger partial charge in [0.25, 0.3) is 0 Å². The topological polar surface area (TPSA) is 63.4 Å². The maximum atomic E-state index is 11.7. The Morgan fingerprint density at radius 1 is 1.26 bits per heavy atom. The number of rotatable bonds is 3. The van der Waals surface area contributed by atoms with Crippen molar-refractivity contribution in [3.05, 3.63) is 35.4 Å². The van der Waals surface area contributed by atoms with Gasteiger partial charge in [-0.1, -0.05) is 24.3 Å². The molecule has 0 amide bonds. The molecule has 0 aromatic heterocycles. The SMILES string of the molecule is Cc1ccccc1C(CN)N1CCCS(=O)(=O)CC1. The Morgan fingerprint density at radius 2 is 2.00 bits per heavy atom. The molecule has 1 fully saturated rings. The second-order valence-electron chi connectivity index (χ2n) is 5.15. The van der Waals surface area contributed by atoms with E-state index < -0.39 is 9.84 Å². The predicted octanol–water partition coefficient (Wildman–Crippen LogP) is 1.12. The fourth-order valence-electron chi connectivity index (χ4n) is 2.70. The first kappa shape index (κ1) is 14.5. The highest BCUT2D eigenvalue weighted by Gasteiger charge is 2.25. The predicted molar refractivity (Wildman–Crippen MR) is 77.8 cm³/mol. The Morgan fingerprint density at radius 3 is 2.68 bits per heavy atom. The molecule has 0 aliphatic carbocycles. The number of benzene rings is 1. The van der Waals surface area contributed by atoms with Crippen LogP contribution in [0.25, 0.3) is 0 Å². The zero-order valence-corrected chi connectivity index (χ0v) is 12.2. The van der Waals surface area contributed by atoms with Gasteiger partial charge in [0.15, 0.2) is 9.84 Å². The van der Waals surface area contributed by atoms with Crippen LogP contribution in [0, 0.1) is 6.92 Å². The molecule has 19 heavy (non-hydrogen) atoms. The van der Waals surface area contributed by atoms with Crippen LogP contribution in [0.3, 0.4) is 0 Å². The average molecular weight is 282 g/mol. The van der Waals surface area contributed by atoms with Crippen LogP contribution in [-0.4, -0.2) is 44.5 Å². The van der Waals surface area contributed by atoms with Gasteiger partial charge in [0.1, 0.15) is 0 Å². The minimum Gasteiger partial charge on any atom is -0.329 e. The number of nitrogens with two attached hydrogens (primary N) is 1. The van der Waals surface area contributed by atoms with E-state index in [1.807, 2.05) is 12.1 Å². The van der Waals surface area contributed by atoms with E-state index in [-0.39, 0.29) is 11.8 Å². The third-order valence-electron chi connectivity index (χ3n) is 3.80. The van der Waals surface area contributed by atoms with E-state index in [0.717, 1.165) is 6.54 Å². The van der Waals surface area contributed by atoms with Gasteiger partial charge >= 0.3 is 0 Å². The summed E-state index contributed by atoms with van der Waals surface area (Å²) in [5, 5.41) is 0. The molecule has 1 saturated heterocycles. The van der Waals surface area contributed by atoms with Crippen LogP contribution in [0.5, 0.6) is 0 Å². The van der Waals surface area contributed by atoms with E-state index in [2.05, 4.69) is 24.0 Å². The van der Waals surface area contributed by atoms with Crippen LogP contribution in [0.1, 0.15) is 23.6 Å². The molecule has 1 heterocycles. The minimum atomic E-state index is -2.87. The smallest absolute Gasteiger partial charge is 0.151 e. The summed E-state index contributed by atoms with van der Waals surface area (Å²) >= 11 is 0. The standard InChI is InChI=1S/C14H22N2O2S/c1-12-5-2-3-6-13(12)14(11-15)16-7-4-9-19(17,18)10-8-16/h2-3,5-6,14H,4,7-11,15H2,1H3. The molecule has 0 bridgehead atoms. The molecule has 1 unspecified atom stereocenters. The first-order valence-corrected chi connectivity index (χ1v) is 8.56. The second kappa shape index (κ2) is 6.03. The molecule has 1 aromatic rings. The van der Waals surface area contributed by atoms with Crippen LogP contribution in [0.2, 0.25) is 0 Å². The van der Waals surface area contributed by atoms with Crippen LogP contribution in [0.15, 0.2) is 24.3 Å². The molecule has 0 saturated carbocycles. The van der Waals surface area contributed by atoms with Gasteiger partial charge in [-0.15, -0.1) is 0 Å². The molecule has 0 spiro atoms. The van der Waals surface area contributed by atoms with Crippen LogP contribution in [0.4, 0.5) is 0 Å². The summed E-state index contributed by atoms with van der Waals surface area (Å²) in [7, 11) is -2.87. The number of hydrogen-bond donors (Lipinski definition) is 1. The lowest BCUT2D eigenvalue weighted by molar-refractivity contribution is 0.217. The Bertz CT molecular complexity index is 528. The highest BCUT2D eigenvalue weighted by Crippen LogP contribution is 2.24. The molecule has 2 rings (SSSR count). The lowest BCUT2D eigenvalue weighted by Crippen LogP contribution is -2.36. The largest absolute Gasteiger partial charge is 0.329 e. The van der Waals surface area contributed by atoms with Crippen molar-refractivity contribution < 1.29 is 8.42 Å². The normalized spacial score (nSPS) is 21.8. The van der Waals surface area contributed by atoms with Crippen molar-refractivity contribution in [2.45, 2.75) is 19.4 Å². The van der Waals surface area contributed by atoms with E-state index in [9.17, 15) is 8.42 Å². The van der Waals surface area contributed by atoms with Gasteiger partial charge in [-0.25, -0.2) is 8.42 Å². The molecule has 5 heteroatoms. The van der Waals surface area contributed by atoms with Gasteiger partial charge in [0.2, 0.25) is 0 Å². The molecule has 1 aromatic carbocycles. The van der Waals surface area contributed by atoms with Crippen molar-refractivity contribution in [1.29, 1.82) is 0 Å². The monoisotopic (exact) mass is 282 g/mol. The van der Waals surface area contributed by atoms with Crippen LogP contribution >= 0.6 is 0 Å². The first-order chi connectivity index (χ1) is 9.03. The summed E-state index contributed by atoms with van der Waals surface area (Å²) in [6, 6.07) is 8.31. The average Bonchev–Trinajstić information content (AvgIpc) is 2.54. The van der Waals surface area contributed by atoms with Gasteiger partial charge in [-0.3, -0.25) is 4.90 Å². The second-order valence-corrected chi connectivity index (χ2v) is 7.45. The van der Waals surface area contributed by atoms with Crippen molar-refractivity contribution in [3.63, 3.8) is 0 Å². The fraction of sp³-hybridized carbons (Fsp3) is 0.571. The highest BCUT2D eigenvalue weighted by molar-refractivity contribution is 7.91. The molecule has 1 aliphatic rings. The summed E-state index contributed by atoms with van der Waals surface area (Å²) in [6.45, 7) is 3.98. The first-order valence-electron chi connectivity index (χ1n) is 6.73. The third kappa shape index (κ3) is 3.55. The highest BCUT2D eigenvalue weighted by atomic mass is 32.2. The minimum absolute atomic E-state index is 0.120. The molecule has 0 radical (unpaired) electrons. The molecular formula is C14H22N2O2S. The van der Waals surface area contributed by atoms with Crippen molar-refractivity contribution >= 4 is 9.84 Å². The zero-order chi connectivity index (χ0) is 13.9. The summed E-state index contributed by atoms with van der Waals surface area (Å²) in [5.41, 5.74) is 8.36. The number of aryl methyl sites for hydroxylation is 1. The lowest BCUT2D eigenvalue weighted by atomic mass is 10.00. The summed E-state index contributed by atoms with van der Waals surface area (Å²) in [6.07, 6.45) is 0.699. The molecule has 2 N–H and O–H groups in total. The van der Waals surface area contributed by atoms with Crippen LogP contribution < -0.4 is 5.73 Å². The Kier molecular flexibility index (Phi) is 4.60. The quantitative estimate of drug-likeness (QED) is 0.902. The van der Waals surface area contributed by atoms with Gasteiger partial charge < -0.3 is 5.73 Å². The van der Waals surface area contributed by atoms with E-state index in [1.54, 1.807) is 0 Å². The molecule has 1 aliphatic heterocycles. The van der Waals surface area contributed by atoms with Crippen molar-refractivity contribution in [1.82, 2.24) is 4.90 Å². The molecule has 1 atom stereocenters. The van der Waals surface area contributed by atoms with Crippen LogP contribution in [-0.2, 0) is 9.84 Å². The number of sulfone groups is 1. The molecule has 106 valence electrons. The van der Waals surface area contributed by atoms with Gasteiger partial charge in [0, 0.05) is 19.1 Å². The van der Waals surface area contributed by atoms with E-state index in [1.165, 1.54) is 11.1 Å². The van der Waals surface area contributed by atoms with E-state index in [0.29, 0.717) is 25.3 Å². The zero-order valence-electron chi connectivity index (χ0n) is 11.4. The number of hydrogen-bond acceptors (Lipinski definition) is 4. The summed E-state index contributed by atoms with van der Waals surface area (Å²) in [5.74, 6) is 0.546. The van der Waals surface area contributed by atoms with E-state index in [4.69, 9.17) is 5.73 Å². The summed E-state index contributed by atoms with van der Waals surface area (Å²) in [4.78, 5) is 2.22.